The minimum atomic E-state index is -0.561. The molecule has 0 aliphatic heterocycles. The van der Waals surface area contributed by atoms with Crippen LogP contribution in [0.5, 0.6) is 5.75 Å². The zero-order valence-corrected chi connectivity index (χ0v) is 17.3. The predicted octanol–water partition coefficient (Wildman–Crippen LogP) is 3.54. The minimum Gasteiger partial charge on any atom is -0.507 e. The molecule has 2 aromatic carbocycles. The van der Waals surface area contributed by atoms with Crippen molar-refractivity contribution in [2.24, 2.45) is 0 Å². The second kappa shape index (κ2) is 8.13. The number of thiazole rings is 1. The largest absolute Gasteiger partial charge is 0.507 e. The Morgan fingerprint density at radius 1 is 1.30 bits per heavy atom. The van der Waals surface area contributed by atoms with E-state index in [-0.39, 0.29) is 29.3 Å². The molecule has 0 atom stereocenters. The molecule has 30 heavy (non-hydrogen) atoms. The molecule has 3 N–H and O–H groups in total. The van der Waals surface area contributed by atoms with Crippen LogP contribution in [0.15, 0.2) is 57.2 Å². The van der Waals surface area contributed by atoms with E-state index >= 15 is 0 Å². The number of aromatic hydroxyl groups is 1. The summed E-state index contributed by atoms with van der Waals surface area (Å²) >= 11 is 7.23. The van der Waals surface area contributed by atoms with Gasteiger partial charge in [0.15, 0.2) is 16.6 Å². The number of rotatable bonds is 6. The van der Waals surface area contributed by atoms with Gasteiger partial charge in [0.1, 0.15) is 5.75 Å². The number of phenols is 1. The van der Waals surface area contributed by atoms with Crippen molar-refractivity contribution >= 4 is 33.9 Å². The van der Waals surface area contributed by atoms with Gasteiger partial charge in [0, 0.05) is 34.6 Å². The average molecular weight is 444 g/mol. The van der Waals surface area contributed by atoms with Crippen LogP contribution in [0, 0.1) is 0 Å². The summed E-state index contributed by atoms with van der Waals surface area (Å²) in [6.45, 7) is 1.66. The maximum Gasteiger partial charge on any atom is 0.437 e. The summed E-state index contributed by atoms with van der Waals surface area (Å²) < 4.78 is 6.44. The Balaban J connectivity index is 1.58. The zero-order valence-electron chi connectivity index (χ0n) is 15.7. The first kappa shape index (κ1) is 19.9. The summed E-state index contributed by atoms with van der Waals surface area (Å²) in [6, 6.07) is 11.9. The normalized spacial score (nSPS) is 10.9. The molecule has 2 heterocycles. The average Bonchev–Trinajstić information content (AvgIpc) is 3.34. The monoisotopic (exact) mass is 443 g/mol. The number of nitrogens with one attached hydrogen (secondary N) is 2. The van der Waals surface area contributed by atoms with Gasteiger partial charge in [-0.25, -0.2) is 9.78 Å². The summed E-state index contributed by atoms with van der Waals surface area (Å²) in [4.78, 5) is 28.3. The highest BCUT2D eigenvalue weighted by atomic mass is 35.5. The molecule has 0 radical (unpaired) electrons. The zero-order chi connectivity index (χ0) is 21.3. The molecule has 10 heteroatoms. The van der Waals surface area contributed by atoms with Gasteiger partial charge < -0.3 is 10.4 Å². The number of benzene rings is 2. The Kier molecular flexibility index (Phi) is 5.39. The number of ketones is 1. The second-order valence-electron chi connectivity index (χ2n) is 6.40. The van der Waals surface area contributed by atoms with Gasteiger partial charge in [-0.15, -0.1) is 11.3 Å². The summed E-state index contributed by atoms with van der Waals surface area (Å²) in [5.74, 6) is -0.266. The Morgan fingerprint density at radius 2 is 2.07 bits per heavy atom. The van der Waals surface area contributed by atoms with E-state index in [2.05, 4.69) is 15.6 Å². The summed E-state index contributed by atoms with van der Waals surface area (Å²) in [6.07, 6.45) is 0. The summed E-state index contributed by atoms with van der Waals surface area (Å²) in [7, 11) is 0. The molecule has 0 saturated heterocycles. The fourth-order valence-corrected chi connectivity index (χ4v) is 3.74. The number of phenolic OH excluding ortho intramolecular Hbond substituents is 1. The van der Waals surface area contributed by atoms with E-state index in [0.717, 1.165) is 0 Å². The van der Waals surface area contributed by atoms with Crippen molar-refractivity contribution in [1.82, 2.24) is 10.3 Å². The SMILES string of the molecule is CC(=O)c1cccc(CNc2nc(-c3c(=O)o[nH][n+]3-c3ccc(Cl)cc3)cs2)c1O. The number of para-hydroxylation sites is 1. The highest BCUT2D eigenvalue weighted by Crippen LogP contribution is 2.26. The minimum absolute atomic E-state index is 0.0545. The van der Waals surface area contributed by atoms with E-state index < -0.39 is 5.63 Å². The van der Waals surface area contributed by atoms with Crippen molar-refractivity contribution in [3.63, 3.8) is 0 Å². The van der Waals surface area contributed by atoms with Crippen LogP contribution >= 0.6 is 22.9 Å². The van der Waals surface area contributed by atoms with E-state index in [1.165, 1.54) is 22.9 Å². The number of hydrogen-bond donors (Lipinski definition) is 3. The van der Waals surface area contributed by atoms with Crippen LogP contribution < -0.4 is 15.6 Å². The molecule has 0 unspecified atom stereocenters. The van der Waals surface area contributed by atoms with Crippen LogP contribution in [-0.2, 0) is 6.54 Å². The first-order valence-corrected chi connectivity index (χ1v) is 10.1. The first-order valence-electron chi connectivity index (χ1n) is 8.85. The number of nitrogens with zero attached hydrogens (tertiary/aromatic N) is 2. The quantitative estimate of drug-likeness (QED) is 0.310. The molecule has 0 spiro atoms. The Morgan fingerprint density at radius 3 is 2.80 bits per heavy atom. The van der Waals surface area contributed by atoms with Crippen LogP contribution in [0.4, 0.5) is 5.13 Å². The smallest absolute Gasteiger partial charge is 0.437 e. The van der Waals surface area contributed by atoms with E-state index in [9.17, 15) is 14.7 Å². The molecule has 0 bridgehead atoms. The maximum absolute atomic E-state index is 12.2. The molecule has 8 nitrogen and oxygen atoms in total. The number of aromatic nitrogens is 3. The number of anilines is 1. The molecule has 152 valence electrons. The van der Waals surface area contributed by atoms with Gasteiger partial charge in [-0.1, -0.05) is 23.7 Å². The van der Waals surface area contributed by atoms with E-state index in [1.807, 2.05) is 0 Å². The van der Waals surface area contributed by atoms with Gasteiger partial charge in [0.05, 0.1) is 5.56 Å². The third-order valence-electron chi connectivity index (χ3n) is 4.41. The molecule has 4 rings (SSSR count). The van der Waals surface area contributed by atoms with Crippen molar-refractivity contribution < 1.29 is 19.1 Å². The number of hydrogen-bond acceptors (Lipinski definition) is 7. The lowest BCUT2D eigenvalue weighted by Crippen LogP contribution is -2.36. The lowest BCUT2D eigenvalue weighted by molar-refractivity contribution is -0.660. The van der Waals surface area contributed by atoms with E-state index in [1.54, 1.807) is 47.8 Å². The first-order chi connectivity index (χ1) is 14.4. The molecule has 2 aromatic heterocycles. The Labute approximate surface area is 179 Å². The molecule has 0 aliphatic carbocycles. The summed E-state index contributed by atoms with van der Waals surface area (Å²) in [5.41, 5.74) is 1.60. The number of carbonyl (C=O) groups is 1. The van der Waals surface area contributed by atoms with Gasteiger partial charge in [-0.3, -0.25) is 9.32 Å². The third kappa shape index (κ3) is 3.85. The van der Waals surface area contributed by atoms with Gasteiger partial charge in [-0.2, -0.15) is 0 Å². The number of carbonyl (C=O) groups excluding carboxylic acids is 1. The van der Waals surface area contributed by atoms with Crippen molar-refractivity contribution in [2.75, 3.05) is 5.32 Å². The molecular formula is C20H16ClN4O4S+. The molecule has 4 aromatic rings. The Bertz CT molecular complexity index is 1280. The number of aromatic amines is 1. The molecule has 0 fully saturated rings. The standard InChI is InChI=1S/C20H15ClN4O4S/c1-11(26)15-4-2-3-12(18(15)27)9-22-20-23-16(10-30-20)17-19(28)29-24-25(17)14-7-5-13(21)6-8-14/h2-8,10H,9H2,1H3,(H2-,22,23,24,26,27,28)/p+1. The van der Waals surface area contributed by atoms with E-state index in [0.29, 0.717) is 27.1 Å². The molecule has 0 aliphatic rings. The number of Topliss-reactive ketones (excluding diaryl/α,β-unsaturated/α-hetero) is 1. The fourth-order valence-electron chi connectivity index (χ4n) is 2.92. The van der Waals surface area contributed by atoms with Crippen LogP contribution in [-0.4, -0.2) is 21.1 Å². The van der Waals surface area contributed by atoms with Crippen molar-refractivity contribution in [2.45, 2.75) is 13.5 Å². The van der Waals surface area contributed by atoms with Crippen molar-refractivity contribution in [3.8, 4) is 22.8 Å². The fraction of sp³-hybridized carbons (Fsp3) is 0.100. The van der Waals surface area contributed by atoms with Gasteiger partial charge in [-0.05, 0) is 35.1 Å². The van der Waals surface area contributed by atoms with Crippen LogP contribution in [0.3, 0.4) is 0 Å². The summed E-state index contributed by atoms with van der Waals surface area (Å²) in [5, 5.41) is 18.8. The van der Waals surface area contributed by atoms with Crippen LogP contribution in [0.25, 0.3) is 17.1 Å². The second-order valence-corrected chi connectivity index (χ2v) is 7.70. The van der Waals surface area contributed by atoms with Crippen LogP contribution in [0.2, 0.25) is 5.02 Å². The van der Waals surface area contributed by atoms with E-state index in [4.69, 9.17) is 16.1 Å². The predicted molar refractivity (Wildman–Crippen MR) is 112 cm³/mol. The third-order valence-corrected chi connectivity index (χ3v) is 5.46. The topological polar surface area (TPSA) is 112 Å². The Hall–Kier alpha value is -3.43. The van der Waals surface area contributed by atoms with Gasteiger partial charge >= 0.3 is 11.3 Å². The maximum atomic E-state index is 12.2. The molecular weight excluding hydrogens is 428 g/mol. The lowest BCUT2D eigenvalue weighted by Gasteiger charge is -2.08. The molecule has 0 amide bonds. The number of halogens is 1. The van der Waals surface area contributed by atoms with Crippen molar-refractivity contribution in [3.05, 3.63) is 74.4 Å². The lowest BCUT2D eigenvalue weighted by atomic mass is 10.1. The highest BCUT2D eigenvalue weighted by molar-refractivity contribution is 7.14. The molecule has 0 saturated carbocycles. The van der Waals surface area contributed by atoms with Crippen molar-refractivity contribution in [1.29, 1.82) is 0 Å². The van der Waals surface area contributed by atoms with Gasteiger partial charge in [0.25, 0.3) is 0 Å². The van der Waals surface area contributed by atoms with Crippen LogP contribution in [0.1, 0.15) is 22.8 Å². The highest BCUT2D eigenvalue weighted by Gasteiger charge is 2.27. The van der Waals surface area contributed by atoms with Gasteiger partial charge in [0.2, 0.25) is 5.69 Å². The number of H-pyrrole nitrogens is 1.